The molecule has 0 unspecified atom stereocenters. The molecule has 2 rings (SSSR count). The van der Waals surface area contributed by atoms with Gasteiger partial charge in [0, 0.05) is 11.9 Å². The number of aromatic carboxylic acids is 1. The third-order valence-corrected chi connectivity index (χ3v) is 2.43. The summed E-state index contributed by atoms with van der Waals surface area (Å²) in [6.07, 6.45) is 0.782. The molecule has 0 fully saturated rings. The van der Waals surface area contributed by atoms with Gasteiger partial charge in [-0.15, -0.1) is 0 Å². The molecule has 3 N–H and O–H groups in total. The Kier molecular flexibility index (Phi) is 2.87. The molecule has 0 amide bonds. The highest BCUT2D eigenvalue weighted by atomic mass is 16.4. The van der Waals surface area contributed by atoms with Gasteiger partial charge in [0.2, 0.25) is 0 Å². The van der Waals surface area contributed by atoms with Gasteiger partial charge in [-0.3, -0.25) is 4.68 Å². The number of nitrogens with zero attached hydrogens (tertiary/aromatic N) is 2. The van der Waals surface area contributed by atoms with Crippen LogP contribution in [0.3, 0.4) is 0 Å². The van der Waals surface area contributed by atoms with Crippen molar-refractivity contribution in [3.8, 4) is 0 Å². The van der Waals surface area contributed by atoms with E-state index in [2.05, 4.69) is 5.10 Å². The maximum absolute atomic E-state index is 11.0. The van der Waals surface area contributed by atoms with Crippen LogP contribution >= 0.6 is 0 Å². The summed E-state index contributed by atoms with van der Waals surface area (Å²) >= 11 is 0. The summed E-state index contributed by atoms with van der Waals surface area (Å²) < 4.78 is 1.70. The van der Waals surface area contributed by atoms with Crippen molar-refractivity contribution in [1.82, 2.24) is 9.78 Å². The van der Waals surface area contributed by atoms with E-state index in [4.69, 9.17) is 10.8 Å². The second-order valence-corrected chi connectivity index (χ2v) is 3.54. The standard InChI is InChI=1S/C11H13N3O2/c12-6-3-7-14-9-5-2-1-4-8(9)10(13-14)11(15)16/h1-2,4-5H,3,6-7,12H2,(H,15,16). The maximum Gasteiger partial charge on any atom is 0.357 e. The SMILES string of the molecule is NCCCn1nc(C(=O)O)c2ccccc21. The Morgan fingerprint density at radius 3 is 2.88 bits per heavy atom. The van der Waals surface area contributed by atoms with E-state index < -0.39 is 5.97 Å². The number of benzene rings is 1. The van der Waals surface area contributed by atoms with Crippen molar-refractivity contribution in [2.45, 2.75) is 13.0 Å². The van der Waals surface area contributed by atoms with Crippen LogP contribution in [0.2, 0.25) is 0 Å². The molecule has 1 aromatic carbocycles. The number of carboxylic acids is 1. The van der Waals surface area contributed by atoms with Gasteiger partial charge in [-0.25, -0.2) is 4.79 Å². The first-order valence-corrected chi connectivity index (χ1v) is 5.13. The molecule has 84 valence electrons. The lowest BCUT2D eigenvalue weighted by atomic mass is 10.2. The zero-order chi connectivity index (χ0) is 11.5. The van der Waals surface area contributed by atoms with E-state index in [9.17, 15) is 4.79 Å². The van der Waals surface area contributed by atoms with Gasteiger partial charge >= 0.3 is 5.97 Å². The summed E-state index contributed by atoms with van der Waals surface area (Å²) in [6.45, 7) is 1.21. The molecule has 1 aromatic heterocycles. The molecule has 0 radical (unpaired) electrons. The molecular weight excluding hydrogens is 206 g/mol. The quantitative estimate of drug-likeness (QED) is 0.806. The van der Waals surface area contributed by atoms with Gasteiger partial charge in [0.15, 0.2) is 5.69 Å². The number of rotatable bonds is 4. The largest absolute Gasteiger partial charge is 0.476 e. The van der Waals surface area contributed by atoms with Gasteiger partial charge in [-0.2, -0.15) is 5.10 Å². The monoisotopic (exact) mass is 219 g/mol. The molecule has 5 heteroatoms. The van der Waals surface area contributed by atoms with Gasteiger partial charge in [0.1, 0.15) is 0 Å². The van der Waals surface area contributed by atoms with E-state index in [1.807, 2.05) is 18.2 Å². The van der Waals surface area contributed by atoms with Gasteiger partial charge in [-0.05, 0) is 19.0 Å². The minimum atomic E-state index is -0.998. The van der Waals surface area contributed by atoms with E-state index in [0.717, 1.165) is 11.9 Å². The van der Waals surface area contributed by atoms with Crippen LogP contribution in [0.25, 0.3) is 10.9 Å². The molecule has 0 atom stereocenters. The van der Waals surface area contributed by atoms with Gasteiger partial charge in [0.25, 0.3) is 0 Å². The van der Waals surface area contributed by atoms with Crippen molar-refractivity contribution in [3.05, 3.63) is 30.0 Å². The number of carboxylic acid groups (broad SMARTS) is 1. The van der Waals surface area contributed by atoms with Crippen LogP contribution in [0.4, 0.5) is 0 Å². The highest BCUT2D eigenvalue weighted by Gasteiger charge is 2.14. The van der Waals surface area contributed by atoms with Crippen molar-refractivity contribution >= 4 is 16.9 Å². The van der Waals surface area contributed by atoms with Gasteiger partial charge in [0.05, 0.1) is 5.52 Å². The number of nitrogens with two attached hydrogens (primary N) is 1. The topological polar surface area (TPSA) is 81.1 Å². The molecule has 1 heterocycles. The Morgan fingerprint density at radius 1 is 1.44 bits per heavy atom. The zero-order valence-corrected chi connectivity index (χ0v) is 8.76. The fourth-order valence-electron chi connectivity index (χ4n) is 1.70. The smallest absolute Gasteiger partial charge is 0.357 e. The summed E-state index contributed by atoms with van der Waals surface area (Å²) in [4.78, 5) is 11.0. The number of para-hydroxylation sites is 1. The van der Waals surface area contributed by atoms with E-state index in [-0.39, 0.29) is 5.69 Å². The molecule has 0 aliphatic heterocycles. The Labute approximate surface area is 92.5 Å². The summed E-state index contributed by atoms with van der Waals surface area (Å²) in [5.41, 5.74) is 6.37. The number of hydrogen-bond donors (Lipinski definition) is 2. The number of fused-ring (bicyclic) bond motifs is 1. The van der Waals surface area contributed by atoms with Crippen molar-refractivity contribution in [2.75, 3.05) is 6.54 Å². The van der Waals surface area contributed by atoms with E-state index >= 15 is 0 Å². The van der Waals surface area contributed by atoms with Crippen LogP contribution < -0.4 is 5.73 Å². The lowest BCUT2D eigenvalue weighted by molar-refractivity contribution is 0.0691. The fourth-order valence-corrected chi connectivity index (χ4v) is 1.70. The Balaban J connectivity index is 2.53. The Hall–Kier alpha value is -1.88. The number of carbonyl (C=O) groups is 1. The predicted molar refractivity (Wildman–Crippen MR) is 60.4 cm³/mol. The molecule has 0 saturated heterocycles. The van der Waals surface area contributed by atoms with Gasteiger partial charge in [-0.1, -0.05) is 18.2 Å². The van der Waals surface area contributed by atoms with Crippen LogP contribution in [0, 0.1) is 0 Å². The van der Waals surface area contributed by atoms with E-state index in [1.165, 1.54) is 0 Å². The minimum Gasteiger partial charge on any atom is -0.476 e. The molecule has 0 saturated carbocycles. The highest BCUT2D eigenvalue weighted by Crippen LogP contribution is 2.18. The maximum atomic E-state index is 11.0. The predicted octanol–water partition coefficient (Wildman–Crippen LogP) is 1.08. The van der Waals surface area contributed by atoms with Crippen molar-refractivity contribution in [2.24, 2.45) is 5.73 Å². The second kappa shape index (κ2) is 4.32. The third-order valence-electron chi connectivity index (χ3n) is 2.43. The zero-order valence-electron chi connectivity index (χ0n) is 8.76. The molecular formula is C11H13N3O2. The van der Waals surface area contributed by atoms with Crippen LogP contribution in [-0.2, 0) is 6.54 Å². The second-order valence-electron chi connectivity index (χ2n) is 3.54. The first-order valence-electron chi connectivity index (χ1n) is 5.13. The van der Waals surface area contributed by atoms with E-state index in [1.54, 1.807) is 10.7 Å². The van der Waals surface area contributed by atoms with Crippen LogP contribution in [-0.4, -0.2) is 27.4 Å². The summed E-state index contributed by atoms with van der Waals surface area (Å²) in [6, 6.07) is 7.31. The number of hydrogen-bond acceptors (Lipinski definition) is 3. The van der Waals surface area contributed by atoms with Crippen molar-refractivity contribution < 1.29 is 9.90 Å². The molecule has 0 spiro atoms. The Morgan fingerprint density at radius 2 is 2.19 bits per heavy atom. The minimum absolute atomic E-state index is 0.104. The van der Waals surface area contributed by atoms with Gasteiger partial charge < -0.3 is 10.8 Å². The van der Waals surface area contributed by atoms with Crippen molar-refractivity contribution in [1.29, 1.82) is 0 Å². The number of aryl methyl sites for hydroxylation is 1. The lowest BCUT2D eigenvalue weighted by Gasteiger charge is -2.00. The summed E-state index contributed by atoms with van der Waals surface area (Å²) in [7, 11) is 0. The first-order chi connectivity index (χ1) is 7.74. The molecule has 0 aliphatic rings. The van der Waals surface area contributed by atoms with E-state index in [0.29, 0.717) is 18.5 Å². The highest BCUT2D eigenvalue weighted by molar-refractivity contribution is 6.01. The molecule has 0 bridgehead atoms. The molecule has 2 aromatic rings. The third kappa shape index (κ3) is 1.77. The summed E-state index contributed by atoms with van der Waals surface area (Å²) in [5, 5.41) is 13.8. The Bertz CT molecular complexity index is 519. The first kappa shape index (κ1) is 10.6. The molecule has 5 nitrogen and oxygen atoms in total. The van der Waals surface area contributed by atoms with Crippen molar-refractivity contribution in [3.63, 3.8) is 0 Å². The average Bonchev–Trinajstić information content (AvgIpc) is 2.65. The van der Waals surface area contributed by atoms with Crippen LogP contribution in [0.1, 0.15) is 16.9 Å². The lowest BCUT2D eigenvalue weighted by Crippen LogP contribution is -2.08. The van der Waals surface area contributed by atoms with Crippen LogP contribution in [0.15, 0.2) is 24.3 Å². The summed E-state index contributed by atoms with van der Waals surface area (Å²) in [5.74, 6) is -0.998. The number of aromatic nitrogens is 2. The molecule has 0 aliphatic carbocycles. The van der Waals surface area contributed by atoms with Crippen LogP contribution in [0.5, 0.6) is 0 Å². The molecule has 16 heavy (non-hydrogen) atoms. The fraction of sp³-hybridized carbons (Fsp3) is 0.273. The normalized spacial score (nSPS) is 10.8. The average molecular weight is 219 g/mol.